The van der Waals surface area contributed by atoms with Crippen molar-refractivity contribution in [3.63, 3.8) is 0 Å². The number of aromatic nitrogens is 2. The van der Waals surface area contributed by atoms with E-state index in [2.05, 4.69) is 25.9 Å². The molecule has 2 heterocycles. The van der Waals surface area contributed by atoms with E-state index in [1.807, 2.05) is 0 Å². The van der Waals surface area contributed by atoms with Crippen molar-refractivity contribution in [2.24, 2.45) is 5.92 Å². The van der Waals surface area contributed by atoms with Gasteiger partial charge in [0.2, 0.25) is 11.9 Å². The fourth-order valence-electron chi connectivity index (χ4n) is 4.66. The Bertz CT molecular complexity index is 987. The molecule has 1 atom stereocenters. The summed E-state index contributed by atoms with van der Waals surface area (Å²) in [6.07, 6.45) is 8.10. The van der Waals surface area contributed by atoms with Crippen LogP contribution in [0.2, 0.25) is 0 Å². The van der Waals surface area contributed by atoms with E-state index in [1.165, 1.54) is 6.07 Å². The highest BCUT2D eigenvalue weighted by molar-refractivity contribution is 6.47. The maximum Gasteiger partial charge on any atom is 0.547 e. The molecule has 0 spiro atoms. The Hall–Kier alpha value is -3.18. The highest BCUT2D eigenvalue weighted by atomic mass is 16.5. The number of carbonyl (C=O) groups excluding carboxylic acids is 1. The fraction of sp³-hybridized carbons (Fsp3) is 0.478. The molecule has 0 saturated heterocycles. The molecule has 180 valence electrons. The van der Waals surface area contributed by atoms with Crippen LogP contribution in [0.25, 0.3) is 0 Å². The molecule has 4 rings (SSSR count). The zero-order chi connectivity index (χ0) is 23.9. The van der Waals surface area contributed by atoms with Crippen LogP contribution in [0.4, 0.5) is 5.95 Å². The van der Waals surface area contributed by atoms with Gasteiger partial charge in [-0.3, -0.25) is 4.79 Å². The lowest BCUT2D eigenvalue weighted by Crippen LogP contribution is -2.53. The van der Waals surface area contributed by atoms with Crippen LogP contribution in [0.15, 0.2) is 36.7 Å². The average molecular weight is 467 g/mol. The van der Waals surface area contributed by atoms with Crippen molar-refractivity contribution in [1.29, 1.82) is 0 Å². The summed E-state index contributed by atoms with van der Waals surface area (Å²) in [4.78, 5) is 32.3. The molecule has 2 aliphatic rings. The van der Waals surface area contributed by atoms with E-state index in [1.54, 1.807) is 30.6 Å². The van der Waals surface area contributed by atoms with E-state index < -0.39 is 19.0 Å². The summed E-state index contributed by atoms with van der Waals surface area (Å²) in [6.45, 7) is 1.56. The van der Waals surface area contributed by atoms with E-state index in [0.29, 0.717) is 36.3 Å². The third-order valence-corrected chi connectivity index (χ3v) is 6.42. The molecule has 0 unspecified atom stereocenters. The number of nitrogens with one attached hydrogen (secondary N) is 3. The van der Waals surface area contributed by atoms with Crippen LogP contribution in [0.5, 0.6) is 5.75 Å². The molecule has 10 nitrogen and oxygen atoms in total. The second-order valence-electron chi connectivity index (χ2n) is 8.86. The largest absolute Gasteiger partial charge is 0.547 e. The standard InChI is InChI=1S/C23H30BN5O5/c30-20(29-19-14-16-3-1-4-18(22(31)32)21(16)34-24(19)33)13-15-5-7-17(8-6-15)25-11-12-28-23-26-9-2-10-27-23/h1-4,9-10,15,17,19,25,33H,5-8,11-14H2,(H,29,30)(H,31,32)(H,26,27,28)/t15?,17?,19-/m0/s1. The van der Waals surface area contributed by atoms with Crippen molar-refractivity contribution in [2.75, 3.05) is 18.4 Å². The van der Waals surface area contributed by atoms with Crippen molar-refractivity contribution in [2.45, 2.75) is 50.5 Å². The molecule has 1 aliphatic carbocycles. The van der Waals surface area contributed by atoms with E-state index >= 15 is 0 Å². The highest BCUT2D eigenvalue weighted by Gasteiger charge is 2.38. The summed E-state index contributed by atoms with van der Waals surface area (Å²) in [5, 5.41) is 29.2. The third-order valence-electron chi connectivity index (χ3n) is 6.42. The summed E-state index contributed by atoms with van der Waals surface area (Å²) in [7, 11) is -1.29. The first-order chi connectivity index (χ1) is 16.5. The lowest BCUT2D eigenvalue weighted by Gasteiger charge is -2.31. The molecule has 0 radical (unpaired) electrons. The van der Waals surface area contributed by atoms with Crippen molar-refractivity contribution < 1.29 is 24.4 Å². The molecule has 1 aliphatic heterocycles. The topological polar surface area (TPSA) is 146 Å². The number of nitrogens with zero attached hydrogens (tertiary/aromatic N) is 2. The summed E-state index contributed by atoms with van der Waals surface area (Å²) in [5.74, 6) is -0.736. The van der Waals surface area contributed by atoms with Crippen LogP contribution >= 0.6 is 0 Å². The Morgan fingerprint density at radius 2 is 1.85 bits per heavy atom. The number of carboxylic acids is 1. The van der Waals surface area contributed by atoms with Crippen molar-refractivity contribution in [1.82, 2.24) is 20.6 Å². The number of fused-ring (bicyclic) bond motifs is 1. The van der Waals surface area contributed by atoms with E-state index in [9.17, 15) is 19.7 Å². The number of aromatic carboxylic acids is 1. The Labute approximate surface area is 198 Å². The Morgan fingerprint density at radius 1 is 1.09 bits per heavy atom. The minimum atomic E-state index is -1.29. The Balaban J connectivity index is 1.17. The van der Waals surface area contributed by atoms with E-state index in [4.69, 9.17) is 4.65 Å². The molecule has 1 saturated carbocycles. The second kappa shape index (κ2) is 11.3. The first kappa shape index (κ1) is 24.0. The van der Waals surface area contributed by atoms with Gasteiger partial charge in [0, 0.05) is 37.9 Å². The number of hydrogen-bond donors (Lipinski definition) is 5. The minimum Gasteiger partial charge on any atom is -0.534 e. The summed E-state index contributed by atoms with van der Waals surface area (Å²) in [5.41, 5.74) is 0.672. The molecule has 5 N–H and O–H groups in total. The second-order valence-corrected chi connectivity index (χ2v) is 8.86. The zero-order valence-electron chi connectivity index (χ0n) is 18.9. The molecule has 34 heavy (non-hydrogen) atoms. The quantitative estimate of drug-likeness (QED) is 0.272. The van der Waals surface area contributed by atoms with Gasteiger partial charge in [-0.05, 0) is 55.7 Å². The SMILES string of the molecule is O=C(CC1CCC(NCCNc2ncccn2)CC1)N[C@H]1Cc2cccc(C(=O)O)c2OB1O. The fourth-order valence-corrected chi connectivity index (χ4v) is 4.66. The predicted octanol–water partition coefficient (Wildman–Crippen LogP) is 1.26. The van der Waals surface area contributed by atoms with Gasteiger partial charge in [-0.25, -0.2) is 14.8 Å². The number of anilines is 1. The van der Waals surface area contributed by atoms with Crippen LogP contribution in [-0.4, -0.2) is 64.2 Å². The maximum atomic E-state index is 12.6. The number of para-hydroxylation sites is 1. The van der Waals surface area contributed by atoms with Crippen LogP contribution in [-0.2, 0) is 11.2 Å². The number of hydrogen-bond acceptors (Lipinski definition) is 8. The van der Waals surface area contributed by atoms with Crippen LogP contribution in [0.1, 0.15) is 48.0 Å². The highest BCUT2D eigenvalue weighted by Crippen LogP contribution is 2.31. The molecule has 1 aromatic heterocycles. The van der Waals surface area contributed by atoms with Gasteiger partial charge < -0.3 is 30.7 Å². The van der Waals surface area contributed by atoms with Crippen molar-refractivity contribution in [3.05, 3.63) is 47.8 Å². The van der Waals surface area contributed by atoms with Crippen molar-refractivity contribution >= 4 is 24.9 Å². The molecule has 2 aromatic rings. The van der Waals surface area contributed by atoms with E-state index in [-0.39, 0.29) is 17.2 Å². The Kier molecular flexibility index (Phi) is 7.97. The molecular weight excluding hydrogens is 437 g/mol. The Morgan fingerprint density at radius 3 is 2.59 bits per heavy atom. The van der Waals surface area contributed by atoms with Gasteiger partial charge >= 0.3 is 13.1 Å². The molecule has 0 bridgehead atoms. The first-order valence-corrected chi connectivity index (χ1v) is 11.7. The smallest absolute Gasteiger partial charge is 0.534 e. The summed E-state index contributed by atoms with van der Waals surface area (Å²) in [6, 6.07) is 7.05. The van der Waals surface area contributed by atoms with Gasteiger partial charge in [-0.2, -0.15) is 0 Å². The zero-order valence-corrected chi connectivity index (χ0v) is 18.9. The minimum absolute atomic E-state index is 0.0101. The van der Waals surface area contributed by atoms with Gasteiger partial charge in [0.25, 0.3) is 0 Å². The van der Waals surface area contributed by atoms with Crippen molar-refractivity contribution in [3.8, 4) is 5.75 Å². The van der Waals surface area contributed by atoms with Gasteiger partial charge in [-0.1, -0.05) is 12.1 Å². The number of rotatable bonds is 9. The number of amides is 1. The van der Waals surface area contributed by atoms with Crippen LogP contribution in [0.3, 0.4) is 0 Å². The number of carbonyl (C=O) groups is 2. The van der Waals surface area contributed by atoms with Gasteiger partial charge in [0.15, 0.2) is 0 Å². The number of carboxylic acid groups (broad SMARTS) is 1. The predicted molar refractivity (Wildman–Crippen MR) is 127 cm³/mol. The lowest BCUT2D eigenvalue weighted by molar-refractivity contribution is -0.122. The summed E-state index contributed by atoms with van der Waals surface area (Å²) < 4.78 is 5.46. The molecule has 11 heteroatoms. The number of benzene rings is 1. The molecular formula is C23H30BN5O5. The third kappa shape index (κ3) is 6.24. The lowest BCUT2D eigenvalue weighted by atomic mass is 9.72. The first-order valence-electron chi connectivity index (χ1n) is 11.7. The van der Waals surface area contributed by atoms with Gasteiger partial charge in [0.1, 0.15) is 5.75 Å². The maximum absolute atomic E-state index is 12.6. The van der Waals surface area contributed by atoms with E-state index in [0.717, 1.165) is 38.8 Å². The molecule has 1 fully saturated rings. The summed E-state index contributed by atoms with van der Waals surface area (Å²) >= 11 is 0. The average Bonchev–Trinajstić information content (AvgIpc) is 2.83. The normalized spacial score (nSPS) is 21.8. The van der Waals surface area contributed by atoms with Gasteiger partial charge in [-0.15, -0.1) is 0 Å². The van der Waals surface area contributed by atoms with Crippen LogP contribution < -0.4 is 20.6 Å². The molecule has 1 aromatic carbocycles. The molecule has 1 amide bonds. The van der Waals surface area contributed by atoms with Crippen LogP contribution in [0, 0.1) is 5.92 Å². The van der Waals surface area contributed by atoms with Gasteiger partial charge in [0.05, 0.1) is 11.5 Å². The monoisotopic (exact) mass is 467 g/mol.